The number of halogens is 1. The fraction of sp³-hybridized carbons (Fsp3) is 0.0455. The van der Waals surface area contributed by atoms with Crippen LogP contribution in [0.1, 0.15) is 10.4 Å². The Morgan fingerprint density at radius 1 is 1.10 bits per heavy atom. The average molecular weight is 389 g/mol. The molecule has 4 aromatic rings. The van der Waals surface area contributed by atoms with E-state index in [1.807, 2.05) is 0 Å². The zero-order valence-electron chi connectivity index (χ0n) is 15.4. The highest BCUT2D eigenvalue weighted by Crippen LogP contribution is 2.19. The number of anilines is 1. The first-order chi connectivity index (χ1) is 14.1. The summed E-state index contributed by atoms with van der Waals surface area (Å²) in [6.45, 7) is 0. The minimum absolute atomic E-state index is 0.0577. The Bertz CT molecular complexity index is 1270. The number of ether oxygens (including phenoxy) is 1. The van der Waals surface area contributed by atoms with Crippen molar-refractivity contribution in [1.82, 2.24) is 9.55 Å². The van der Waals surface area contributed by atoms with Crippen molar-refractivity contribution >= 4 is 22.6 Å². The molecule has 0 atom stereocenters. The molecule has 0 aliphatic rings. The molecule has 0 saturated heterocycles. The van der Waals surface area contributed by atoms with Crippen LogP contribution in [0.3, 0.4) is 0 Å². The van der Waals surface area contributed by atoms with Gasteiger partial charge in [-0.05, 0) is 48.5 Å². The molecule has 0 aliphatic carbocycles. The largest absolute Gasteiger partial charge is 0.497 e. The number of nitrogens with zero attached hydrogens (tertiary/aromatic N) is 2. The number of pyridine rings is 2. The molecule has 0 radical (unpaired) electrons. The van der Waals surface area contributed by atoms with E-state index in [2.05, 4.69) is 10.3 Å². The maximum Gasteiger partial charge on any atom is 0.261 e. The molecule has 0 fully saturated rings. The Morgan fingerprint density at radius 2 is 1.90 bits per heavy atom. The third-order valence-corrected chi connectivity index (χ3v) is 4.44. The van der Waals surface area contributed by atoms with Crippen LogP contribution in [0.4, 0.5) is 10.1 Å². The highest BCUT2D eigenvalue weighted by Gasteiger charge is 2.17. The summed E-state index contributed by atoms with van der Waals surface area (Å²) in [5, 5.41) is 3.00. The van der Waals surface area contributed by atoms with Gasteiger partial charge in [-0.3, -0.25) is 9.59 Å². The third kappa shape index (κ3) is 3.58. The van der Waals surface area contributed by atoms with Crippen LogP contribution in [0.25, 0.3) is 16.7 Å². The zero-order chi connectivity index (χ0) is 20.4. The van der Waals surface area contributed by atoms with E-state index < -0.39 is 11.3 Å². The molecule has 4 rings (SSSR count). The number of methoxy groups -OCH3 is 1. The van der Waals surface area contributed by atoms with Crippen LogP contribution >= 0.6 is 0 Å². The maximum atomic E-state index is 13.3. The first kappa shape index (κ1) is 18.4. The molecule has 29 heavy (non-hydrogen) atoms. The van der Waals surface area contributed by atoms with Gasteiger partial charge >= 0.3 is 0 Å². The van der Waals surface area contributed by atoms with Crippen molar-refractivity contribution in [2.75, 3.05) is 12.4 Å². The standard InChI is InChI=1S/C22H16FN3O3/c1-29-17-5-2-4-15(12-17)25-22(28)19-13-26(16-9-7-14(23)8-10-16)21-18(20(19)27)6-3-11-24-21/h2-13H,1H3,(H,25,28). The van der Waals surface area contributed by atoms with Gasteiger partial charge in [-0.15, -0.1) is 0 Å². The molecule has 0 saturated carbocycles. The van der Waals surface area contributed by atoms with Crippen molar-refractivity contribution in [3.8, 4) is 11.4 Å². The molecule has 0 aliphatic heterocycles. The summed E-state index contributed by atoms with van der Waals surface area (Å²) in [6, 6.07) is 15.8. The molecule has 7 heteroatoms. The van der Waals surface area contributed by atoms with Gasteiger partial charge in [0.05, 0.1) is 12.5 Å². The van der Waals surface area contributed by atoms with Crippen molar-refractivity contribution < 1.29 is 13.9 Å². The number of aromatic nitrogens is 2. The summed E-state index contributed by atoms with van der Waals surface area (Å²) in [5.41, 5.74) is 0.949. The average Bonchev–Trinajstić information content (AvgIpc) is 2.75. The van der Waals surface area contributed by atoms with Gasteiger partial charge in [0.25, 0.3) is 5.91 Å². The lowest BCUT2D eigenvalue weighted by Crippen LogP contribution is -2.24. The number of hydrogen-bond acceptors (Lipinski definition) is 4. The summed E-state index contributed by atoms with van der Waals surface area (Å²) in [6.07, 6.45) is 2.97. The van der Waals surface area contributed by atoms with E-state index in [0.717, 1.165) is 0 Å². The normalized spacial score (nSPS) is 10.7. The first-order valence-electron chi connectivity index (χ1n) is 8.78. The predicted molar refractivity (Wildman–Crippen MR) is 108 cm³/mol. The second kappa shape index (κ2) is 7.55. The number of rotatable bonds is 4. The van der Waals surface area contributed by atoms with E-state index in [0.29, 0.717) is 22.8 Å². The molecule has 2 aromatic heterocycles. The van der Waals surface area contributed by atoms with E-state index in [1.54, 1.807) is 59.3 Å². The Labute approximate surface area is 165 Å². The second-order valence-electron chi connectivity index (χ2n) is 6.28. The van der Waals surface area contributed by atoms with Crippen molar-refractivity contribution in [1.29, 1.82) is 0 Å². The van der Waals surface area contributed by atoms with E-state index in [4.69, 9.17) is 4.74 Å². The Balaban J connectivity index is 1.84. The molecular formula is C22H16FN3O3. The fourth-order valence-electron chi connectivity index (χ4n) is 3.02. The van der Waals surface area contributed by atoms with Gasteiger partial charge in [-0.1, -0.05) is 6.07 Å². The molecule has 0 bridgehead atoms. The lowest BCUT2D eigenvalue weighted by atomic mass is 10.1. The number of nitrogens with one attached hydrogen (secondary N) is 1. The Morgan fingerprint density at radius 3 is 2.66 bits per heavy atom. The van der Waals surface area contributed by atoms with Gasteiger partial charge in [-0.2, -0.15) is 0 Å². The Hall–Kier alpha value is -4.00. The van der Waals surface area contributed by atoms with E-state index in [1.165, 1.54) is 25.4 Å². The monoisotopic (exact) mass is 389 g/mol. The SMILES string of the molecule is COc1cccc(NC(=O)c2cn(-c3ccc(F)cc3)c3ncccc3c2=O)c1. The van der Waals surface area contributed by atoms with Crippen LogP contribution in [-0.4, -0.2) is 22.6 Å². The van der Waals surface area contributed by atoms with Gasteiger partial charge in [0.15, 0.2) is 0 Å². The van der Waals surface area contributed by atoms with Crippen LogP contribution in [0.15, 0.2) is 77.9 Å². The van der Waals surface area contributed by atoms with Gasteiger partial charge in [0.2, 0.25) is 5.43 Å². The lowest BCUT2D eigenvalue weighted by molar-refractivity contribution is 0.102. The summed E-state index contributed by atoms with van der Waals surface area (Å²) < 4.78 is 20.1. The number of fused-ring (bicyclic) bond motifs is 1. The molecule has 1 amide bonds. The van der Waals surface area contributed by atoms with Crippen LogP contribution in [0, 0.1) is 5.82 Å². The maximum absolute atomic E-state index is 13.3. The Kier molecular flexibility index (Phi) is 4.78. The number of carbonyl (C=O) groups is 1. The van der Waals surface area contributed by atoms with Crippen LogP contribution in [-0.2, 0) is 0 Å². The van der Waals surface area contributed by atoms with Gasteiger partial charge in [0, 0.05) is 29.8 Å². The molecule has 1 N–H and O–H groups in total. The van der Waals surface area contributed by atoms with Crippen molar-refractivity contribution in [2.45, 2.75) is 0 Å². The molecular weight excluding hydrogens is 373 g/mol. The van der Waals surface area contributed by atoms with Crippen molar-refractivity contribution in [2.24, 2.45) is 0 Å². The first-order valence-corrected chi connectivity index (χ1v) is 8.78. The molecule has 2 aromatic carbocycles. The quantitative estimate of drug-likeness (QED) is 0.576. The van der Waals surface area contributed by atoms with E-state index in [9.17, 15) is 14.0 Å². The highest BCUT2D eigenvalue weighted by atomic mass is 19.1. The van der Waals surface area contributed by atoms with Crippen molar-refractivity contribution in [3.63, 3.8) is 0 Å². The van der Waals surface area contributed by atoms with E-state index >= 15 is 0 Å². The molecule has 6 nitrogen and oxygen atoms in total. The van der Waals surface area contributed by atoms with Crippen LogP contribution in [0.5, 0.6) is 5.75 Å². The summed E-state index contributed by atoms with van der Waals surface area (Å²) in [4.78, 5) is 30.1. The number of hydrogen-bond donors (Lipinski definition) is 1. The van der Waals surface area contributed by atoms with E-state index in [-0.39, 0.29) is 16.8 Å². The smallest absolute Gasteiger partial charge is 0.261 e. The third-order valence-electron chi connectivity index (χ3n) is 4.44. The van der Waals surface area contributed by atoms with Gasteiger partial charge in [0.1, 0.15) is 22.8 Å². The molecule has 2 heterocycles. The van der Waals surface area contributed by atoms with Crippen LogP contribution < -0.4 is 15.5 Å². The van der Waals surface area contributed by atoms with Gasteiger partial charge in [-0.25, -0.2) is 9.37 Å². The highest BCUT2D eigenvalue weighted by molar-refractivity contribution is 6.05. The van der Waals surface area contributed by atoms with Crippen molar-refractivity contribution in [3.05, 3.63) is 94.7 Å². The zero-order valence-corrected chi connectivity index (χ0v) is 15.4. The van der Waals surface area contributed by atoms with Gasteiger partial charge < -0.3 is 14.6 Å². The summed E-state index contributed by atoms with van der Waals surface area (Å²) in [5.74, 6) is -0.373. The predicted octanol–water partition coefficient (Wildman–Crippen LogP) is 3.79. The molecule has 0 spiro atoms. The second-order valence-corrected chi connectivity index (χ2v) is 6.28. The lowest BCUT2D eigenvalue weighted by Gasteiger charge is -2.13. The summed E-state index contributed by atoms with van der Waals surface area (Å²) >= 11 is 0. The molecule has 0 unspecified atom stereocenters. The number of amides is 1. The fourth-order valence-corrected chi connectivity index (χ4v) is 3.02. The number of benzene rings is 2. The minimum atomic E-state index is -0.565. The minimum Gasteiger partial charge on any atom is -0.497 e. The topological polar surface area (TPSA) is 73.2 Å². The molecule has 144 valence electrons. The van der Waals surface area contributed by atoms with Crippen LogP contribution in [0.2, 0.25) is 0 Å². The number of carbonyl (C=O) groups excluding carboxylic acids is 1. The summed E-state index contributed by atoms with van der Waals surface area (Å²) in [7, 11) is 1.53.